The molecule has 2 aromatic rings. The van der Waals surface area contributed by atoms with Crippen LogP contribution in [0.4, 0.5) is 11.4 Å². The van der Waals surface area contributed by atoms with Crippen molar-refractivity contribution in [3.05, 3.63) is 58.7 Å². The van der Waals surface area contributed by atoms with Gasteiger partial charge in [-0.2, -0.15) is 0 Å². The molecule has 2 atom stereocenters. The molecule has 0 saturated heterocycles. The fourth-order valence-corrected chi connectivity index (χ4v) is 6.07. The zero-order valence-corrected chi connectivity index (χ0v) is 21.0. The van der Waals surface area contributed by atoms with E-state index >= 15 is 0 Å². The molecular weight excluding hydrogens is 388 g/mol. The van der Waals surface area contributed by atoms with Crippen molar-refractivity contribution in [1.82, 2.24) is 0 Å². The van der Waals surface area contributed by atoms with E-state index < -0.39 is 0 Å². The third-order valence-electron chi connectivity index (χ3n) is 8.48. The smallest absolute Gasteiger partial charge is 0.0372 e. The molecule has 2 nitrogen and oxygen atoms in total. The van der Waals surface area contributed by atoms with Gasteiger partial charge < -0.3 is 10.6 Å². The first-order valence-corrected chi connectivity index (χ1v) is 13.2. The van der Waals surface area contributed by atoms with Gasteiger partial charge in [0.15, 0.2) is 0 Å². The Balaban J connectivity index is 1.42. The van der Waals surface area contributed by atoms with E-state index in [1.54, 1.807) is 0 Å². The van der Waals surface area contributed by atoms with Crippen molar-refractivity contribution in [2.75, 3.05) is 10.6 Å². The van der Waals surface area contributed by atoms with Gasteiger partial charge in [0.05, 0.1) is 0 Å². The zero-order chi connectivity index (χ0) is 22.7. The summed E-state index contributed by atoms with van der Waals surface area (Å²) in [6, 6.07) is 15.2. The minimum absolute atomic E-state index is 0.398. The second kappa shape index (κ2) is 10.3. The minimum atomic E-state index is 0.398. The maximum atomic E-state index is 3.81. The molecule has 0 aromatic heterocycles. The second-order valence-electron chi connectivity index (χ2n) is 10.8. The molecule has 0 radical (unpaired) electrons. The van der Waals surface area contributed by atoms with Crippen molar-refractivity contribution in [3.63, 3.8) is 0 Å². The first-order chi connectivity index (χ1) is 15.4. The van der Waals surface area contributed by atoms with Crippen LogP contribution in [0, 0.1) is 25.7 Å². The van der Waals surface area contributed by atoms with Gasteiger partial charge in [0, 0.05) is 29.4 Å². The van der Waals surface area contributed by atoms with Crippen LogP contribution in [0.25, 0.3) is 0 Å². The molecule has 0 amide bonds. The van der Waals surface area contributed by atoms with Crippen LogP contribution in [-0.4, -0.2) is 12.1 Å². The topological polar surface area (TPSA) is 24.1 Å². The molecule has 2 aliphatic rings. The van der Waals surface area contributed by atoms with Crippen molar-refractivity contribution in [2.45, 2.75) is 104 Å². The molecule has 174 valence electrons. The van der Waals surface area contributed by atoms with E-state index in [0.717, 1.165) is 11.8 Å². The highest BCUT2D eigenvalue weighted by molar-refractivity contribution is 5.56. The van der Waals surface area contributed by atoms with Crippen LogP contribution in [0.1, 0.15) is 100 Å². The standard InChI is InChI=1S/C30H44N2/c1-20-18-27(14-16-29(20)31-23(4)25-10-6-7-11-25)22(3)28-15-17-30(21(2)19-28)32-24(5)26-12-8-9-13-26/h14-19,22-26,31-32H,6-13H2,1-5H3. The maximum absolute atomic E-state index is 3.81. The number of hydrogen-bond acceptors (Lipinski definition) is 2. The van der Waals surface area contributed by atoms with Gasteiger partial charge in [0.25, 0.3) is 0 Å². The van der Waals surface area contributed by atoms with Gasteiger partial charge in [-0.15, -0.1) is 0 Å². The molecular formula is C30H44N2. The van der Waals surface area contributed by atoms with Crippen LogP contribution in [0.2, 0.25) is 0 Å². The summed E-state index contributed by atoms with van der Waals surface area (Å²) in [4.78, 5) is 0. The lowest BCUT2D eigenvalue weighted by molar-refractivity contribution is 0.482. The molecule has 0 heterocycles. The highest BCUT2D eigenvalue weighted by Crippen LogP contribution is 2.34. The van der Waals surface area contributed by atoms with Crippen molar-refractivity contribution in [2.24, 2.45) is 11.8 Å². The van der Waals surface area contributed by atoms with Crippen LogP contribution in [-0.2, 0) is 0 Å². The first-order valence-electron chi connectivity index (χ1n) is 13.2. The summed E-state index contributed by atoms with van der Waals surface area (Å²) in [5.41, 5.74) is 8.13. The average molecular weight is 433 g/mol. The zero-order valence-electron chi connectivity index (χ0n) is 21.0. The number of anilines is 2. The quantitative estimate of drug-likeness (QED) is 0.437. The Morgan fingerprint density at radius 2 is 1.00 bits per heavy atom. The summed E-state index contributed by atoms with van der Waals surface area (Å²) in [7, 11) is 0. The van der Waals surface area contributed by atoms with Gasteiger partial charge in [-0.1, -0.05) is 56.9 Å². The van der Waals surface area contributed by atoms with E-state index in [4.69, 9.17) is 0 Å². The molecule has 2 N–H and O–H groups in total. The minimum Gasteiger partial charge on any atom is -0.382 e. The SMILES string of the molecule is Cc1cc(C(C)c2ccc(NC(C)C3CCCC3)c(C)c2)ccc1NC(C)C1CCCC1. The fraction of sp³-hybridized carbons (Fsp3) is 0.600. The Morgan fingerprint density at radius 3 is 1.34 bits per heavy atom. The molecule has 2 aromatic carbocycles. The average Bonchev–Trinajstić information content (AvgIpc) is 3.50. The Morgan fingerprint density at radius 1 is 0.625 bits per heavy atom. The lowest BCUT2D eigenvalue weighted by Gasteiger charge is -2.24. The number of rotatable bonds is 8. The van der Waals surface area contributed by atoms with E-state index in [1.807, 2.05) is 0 Å². The van der Waals surface area contributed by atoms with Crippen molar-refractivity contribution in [3.8, 4) is 0 Å². The van der Waals surface area contributed by atoms with Gasteiger partial charge in [0.2, 0.25) is 0 Å². The van der Waals surface area contributed by atoms with E-state index in [1.165, 1.54) is 85.0 Å². The molecule has 2 aliphatic carbocycles. The van der Waals surface area contributed by atoms with Gasteiger partial charge in [-0.3, -0.25) is 0 Å². The molecule has 2 fully saturated rings. The molecule has 0 bridgehead atoms. The Labute approximate surface area is 196 Å². The third-order valence-corrected chi connectivity index (χ3v) is 8.48. The van der Waals surface area contributed by atoms with Gasteiger partial charge in [-0.05, 0) is 99.6 Å². The lowest BCUT2D eigenvalue weighted by Crippen LogP contribution is -2.24. The summed E-state index contributed by atoms with van der Waals surface area (Å²) < 4.78 is 0. The van der Waals surface area contributed by atoms with Crippen LogP contribution in [0.5, 0.6) is 0 Å². The van der Waals surface area contributed by atoms with Crippen LogP contribution < -0.4 is 10.6 Å². The Bertz CT molecular complexity index is 816. The third kappa shape index (κ3) is 5.33. The Hall–Kier alpha value is -1.96. The first kappa shape index (κ1) is 23.2. The number of aryl methyl sites for hydroxylation is 2. The van der Waals surface area contributed by atoms with E-state index in [-0.39, 0.29) is 0 Å². The van der Waals surface area contributed by atoms with E-state index in [0.29, 0.717) is 18.0 Å². The molecule has 2 unspecified atom stereocenters. The maximum Gasteiger partial charge on any atom is 0.0372 e. The summed E-state index contributed by atoms with van der Waals surface area (Å²) in [6.45, 7) is 11.6. The van der Waals surface area contributed by atoms with Crippen LogP contribution in [0.15, 0.2) is 36.4 Å². The summed E-state index contributed by atoms with van der Waals surface area (Å²) in [6.07, 6.45) is 11.1. The van der Waals surface area contributed by atoms with Gasteiger partial charge >= 0.3 is 0 Å². The van der Waals surface area contributed by atoms with Gasteiger partial charge in [0.1, 0.15) is 0 Å². The predicted octanol–water partition coefficient (Wildman–Crippen LogP) is 8.44. The normalized spacial score (nSPS) is 20.3. The summed E-state index contributed by atoms with van der Waals surface area (Å²) in [5.74, 6) is 2.06. The van der Waals surface area contributed by atoms with Crippen molar-refractivity contribution >= 4 is 11.4 Å². The predicted molar refractivity (Wildman–Crippen MR) is 140 cm³/mol. The lowest BCUT2D eigenvalue weighted by atomic mass is 9.90. The highest BCUT2D eigenvalue weighted by atomic mass is 14.9. The van der Waals surface area contributed by atoms with Crippen LogP contribution >= 0.6 is 0 Å². The fourth-order valence-electron chi connectivity index (χ4n) is 6.07. The summed E-state index contributed by atoms with van der Waals surface area (Å²) >= 11 is 0. The monoisotopic (exact) mass is 432 g/mol. The molecule has 4 rings (SSSR count). The Kier molecular flexibility index (Phi) is 7.48. The van der Waals surface area contributed by atoms with Gasteiger partial charge in [-0.25, -0.2) is 0 Å². The number of hydrogen-bond donors (Lipinski definition) is 2. The number of nitrogens with one attached hydrogen (secondary N) is 2. The highest BCUT2D eigenvalue weighted by Gasteiger charge is 2.23. The molecule has 0 spiro atoms. The number of benzene rings is 2. The molecule has 32 heavy (non-hydrogen) atoms. The van der Waals surface area contributed by atoms with Crippen molar-refractivity contribution in [1.29, 1.82) is 0 Å². The largest absolute Gasteiger partial charge is 0.382 e. The summed E-state index contributed by atoms with van der Waals surface area (Å²) in [5, 5.41) is 7.62. The van der Waals surface area contributed by atoms with Crippen molar-refractivity contribution < 1.29 is 0 Å². The van der Waals surface area contributed by atoms with Crippen LogP contribution in [0.3, 0.4) is 0 Å². The van der Waals surface area contributed by atoms with E-state index in [9.17, 15) is 0 Å². The molecule has 2 heteroatoms. The van der Waals surface area contributed by atoms with E-state index in [2.05, 4.69) is 81.7 Å². The second-order valence-corrected chi connectivity index (χ2v) is 10.8. The molecule has 0 aliphatic heterocycles. The molecule has 2 saturated carbocycles.